The summed E-state index contributed by atoms with van der Waals surface area (Å²) in [5.41, 5.74) is 0. The van der Waals surface area contributed by atoms with Gasteiger partial charge in [0, 0.05) is 0 Å². The van der Waals surface area contributed by atoms with Gasteiger partial charge in [-0.25, -0.2) is 0 Å². The van der Waals surface area contributed by atoms with Gasteiger partial charge in [-0.1, -0.05) is 19.8 Å². The van der Waals surface area contributed by atoms with Gasteiger partial charge in [-0.15, -0.1) is 0 Å². The van der Waals surface area contributed by atoms with Crippen molar-refractivity contribution in [3.05, 3.63) is 0 Å². The number of ketones is 1. The van der Waals surface area contributed by atoms with Crippen LogP contribution in [0.1, 0.15) is 33.1 Å². The Bertz CT molecular complexity index is 175. The van der Waals surface area contributed by atoms with E-state index < -0.39 is 16.5 Å². The van der Waals surface area contributed by atoms with Crippen LogP contribution in [0.4, 0.5) is 0 Å². The van der Waals surface area contributed by atoms with Crippen molar-refractivity contribution in [2.45, 2.75) is 37.9 Å². The van der Waals surface area contributed by atoms with Crippen molar-refractivity contribution in [3.8, 4) is 0 Å². The number of Topliss-reactive ketones (excluding diaryl/α,β-unsaturated/α-hetero) is 1. The van der Waals surface area contributed by atoms with Crippen molar-refractivity contribution in [1.82, 2.24) is 0 Å². The normalized spacial score (nSPS) is 15.2. The zero-order valence-electron chi connectivity index (χ0n) is 7.29. The number of carbonyl (C=O) groups is 2. The van der Waals surface area contributed by atoms with E-state index in [4.69, 9.17) is 0 Å². The molecule has 0 amide bonds. The van der Waals surface area contributed by atoms with Crippen LogP contribution in [0.2, 0.25) is 0 Å². The van der Waals surface area contributed by atoms with Gasteiger partial charge >= 0.3 is 0 Å². The number of carboxylic acid groups (broad SMARTS) is 1. The fraction of sp³-hybridized carbons (Fsp3) is 0.750. The highest BCUT2D eigenvalue weighted by molar-refractivity contribution is 7.83. The molecule has 0 spiro atoms. The molecule has 0 saturated carbocycles. The summed E-state index contributed by atoms with van der Waals surface area (Å²) in [6.45, 7) is 3.14. The molecule has 0 rings (SSSR count). The molecule has 0 N–H and O–H groups in total. The lowest BCUT2D eigenvalue weighted by atomic mass is 9.97. The molecule has 0 aliphatic rings. The first-order chi connectivity index (χ1) is 5.45. The Morgan fingerprint density at radius 2 is 2.00 bits per heavy atom. The molecule has 0 radical (unpaired) electrons. The quantitative estimate of drug-likeness (QED) is 0.496. The van der Waals surface area contributed by atoms with E-state index >= 15 is 0 Å². The summed E-state index contributed by atoms with van der Waals surface area (Å²) in [6.07, 6.45) is 1.74. The molecular weight excluding hydrogens is 176 g/mol. The molecule has 0 fully saturated rings. The summed E-state index contributed by atoms with van der Waals surface area (Å²) >= 11 is 3.83. The Balaban J connectivity index is 4.40. The molecule has 0 aliphatic carbocycles. The van der Waals surface area contributed by atoms with Gasteiger partial charge in [-0.05, 0) is 13.3 Å². The summed E-state index contributed by atoms with van der Waals surface area (Å²) < 4.78 is -1.59. The number of thiol groups is 1. The van der Waals surface area contributed by atoms with Crippen LogP contribution in [-0.2, 0) is 9.59 Å². The lowest BCUT2D eigenvalue weighted by Crippen LogP contribution is -2.49. The minimum Gasteiger partial charge on any atom is -0.548 e. The molecule has 0 bridgehead atoms. The summed E-state index contributed by atoms with van der Waals surface area (Å²) in [4.78, 5) is 21.5. The number of hydrogen-bond donors (Lipinski definition) is 1. The standard InChI is InChI=1S/C8H14O3S/c1-3-4-5-8(12,6(2)9)7(10)11/h12H,3-5H2,1-2H3,(H,10,11)/p-1. The van der Waals surface area contributed by atoms with Crippen LogP contribution >= 0.6 is 12.6 Å². The second kappa shape index (κ2) is 4.50. The SMILES string of the molecule is CCCCC(S)(C(C)=O)C(=O)[O-]. The van der Waals surface area contributed by atoms with E-state index in [1.807, 2.05) is 6.92 Å². The van der Waals surface area contributed by atoms with Gasteiger partial charge in [-0.3, -0.25) is 4.79 Å². The fourth-order valence-electron chi connectivity index (χ4n) is 0.854. The molecule has 0 aromatic rings. The van der Waals surface area contributed by atoms with E-state index in [0.717, 1.165) is 6.42 Å². The molecule has 0 heterocycles. The van der Waals surface area contributed by atoms with Gasteiger partial charge < -0.3 is 9.90 Å². The maximum Gasteiger partial charge on any atom is 0.151 e. The van der Waals surface area contributed by atoms with Crippen molar-refractivity contribution in [3.63, 3.8) is 0 Å². The Labute approximate surface area is 77.6 Å². The highest BCUT2D eigenvalue weighted by Crippen LogP contribution is 2.22. The maximum atomic E-state index is 10.9. The van der Waals surface area contributed by atoms with Crippen LogP contribution in [0.3, 0.4) is 0 Å². The van der Waals surface area contributed by atoms with E-state index in [1.54, 1.807) is 0 Å². The molecular formula is C8H13O3S-. The van der Waals surface area contributed by atoms with E-state index in [-0.39, 0.29) is 6.42 Å². The Kier molecular flexibility index (Phi) is 4.31. The highest BCUT2D eigenvalue weighted by Gasteiger charge is 2.31. The third-order valence-electron chi connectivity index (χ3n) is 1.81. The van der Waals surface area contributed by atoms with E-state index in [1.165, 1.54) is 6.92 Å². The van der Waals surface area contributed by atoms with E-state index in [9.17, 15) is 14.7 Å². The predicted molar refractivity (Wildman–Crippen MR) is 46.9 cm³/mol. The summed E-state index contributed by atoms with van der Waals surface area (Å²) in [5.74, 6) is -1.86. The average molecular weight is 189 g/mol. The number of carboxylic acids is 1. The second-order valence-corrected chi connectivity index (χ2v) is 3.57. The lowest BCUT2D eigenvalue weighted by molar-refractivity contribution is -0.307. The van der Waals surface area contributed by atoms with Crippen LogP contribution in [0.15, 0.2) is 0 Å². The number of hydrogen-bond acceptors (Lipinski definition) is 4. The molecule has 70 valence electrons. The monoisotopic (exact) mass is 189 g/mol. The molecule has 1 atom stereocenters. The topological polar surface area (TPSA) is 57.2 Å². The Hall–Kier alpha value is -0.510. The summed E-state index contributed by atoms with van der Waals surface area (Å²) in [6, 6.07) is 0. The number of aliphatic carboxylic acids is 1. The van der Waals surface area contributed by atoms with E-state index in [2.05, 4.69) is 12.6 Å². The van der Waals surface area contributed by atoms with Crippen molar-refractivity contribution < 1.29 is 14.7 Å². The van der Waals surface area contributed by atoms with Crippen LogP contribution in [-0.4, -0.2) is 16.5 Å². The van der Waals surface area contributed by atoms with E-state index in [0.29, 0.717) is 6.42 Å². The first-order valence-electron chi connectivity index (χ1n) is 3.90. The first-order valence-corrected chi connectivity index (χ1v) is 4.34. The maximum absolute atomic E-state index is 10.9. The molecule has 1 unspecified atom stereocenters. The van der Waals surface area contributed by atoms with Crippen LogP contribution in [0.25, 0.3) is 0 Å². The Morgan fingerprint density at radius 3 is 2.25 bits per heavy atom. The highest BCUT2D eigenvalue weighted by atomic mass is 32.1. The van der Waals surface area contributed by atoms with Gasteiger partial charge in [0.15, 0.2) is 5.78 Å². The molecule has 12 heavy (non-hydrogen) atoms. The number of carbonyl (C=O) groups excluding carboxylic acids is 2. The van der Waals surface area contributed by atoms with Crippen molar-refractivity contribution in [1.29, 1.82) is 0 Å². The Morgan fingerprint density at radius 1 is 1.50 bits per heavy atom. The van der Waals surface area contributed by atoms with Gasteiger partial charge in [0.1, 0.15) is 4.75 Å². The van der Waals surface area contributed by atoms with Crippen LogP contribution < -0.4 is 5.11 Å². The van der Waals surface area contributed by atoms with Gasteiger partial charge in [0.05, 0.1) is 5.97 Å². The molecule has 0 saturated heterocycles. The van der Waals surface area contributed by atoms with Crippen molar-refractivity contribution in [2.75, 3.05) is 0 Å². The zero-order valence-corrected chi connectivity index (χ0v) is 8.19. The average Bonchev–Trinajstić information content (AvgIpc) is 1.99. The summed E-state index contributed by atoms with van der Waals surface area (Å²) in [7, 11) is 0. The fourth-order valence-corrected chi connectivity index (χ4v) is 1.01. The minimum atomic E-state index is -1.59. The second-order valence-electron chi connectivity index (χ2n) is 2.81. The van der Waals surface area contributed by atoms with Crippen LogP contribution in [0, 0.1) is 0 Å². The van der Waals surface area contributed by atoms with Gasteiger partial charge in [0.2, 0.25) is 0 Å². The van der Waals surface area contributed by atoms with Crippen molar-refractivity contribution in [2.24, 2.45) is 0 Å². The van der Waals surface area contributed by atoms with Crippen LogP contribution in [0.5, 0.6) is 0 Å². The first kappa shape index (κ1) is 11.5. The largest absolute Gasteiger partial charge is 0.548 e. The molecule has 4 heteroatoms. The zero-order chi connectivity index (χ0) is 9.78. The lowest BCUT2D eigenvalue weighted by Gasteiger charge is -2.26. The predicted octanol–water partition coefficient (Wildman–Crippen LogP) is 0.184. The van der Waals surface area contributed by atoms with Crippen molar-refractivity contribution >= 4 is 24.4 Å². The summed E-state index contributed by atoms with van der Waals surface area (Å²) in [5, 5.41) is 10.6. The smallest absolute Gasteiger partial charge is 0.151 e. The molecule has 0 aliphatic heterocycles. The molecule has 0 aromatic carbocycles. The molecule has 0 aromatic heterocycles. The minimum absolute atomic E-state index is 0.240. The third kappa shape index (κ3) is 2.52. The number of rotatable bonds is 5. The van der Waals surface area contributed by atoms with Gasteiger partial charge in [0.25, 0.3) is 0 Å². The van der Waals surface area contributed by atoms with Gasteiger partial charge in [-0.2, -0.15) is 12.6 Å². The number of unbranched alkanes of at least 4 members (excludes halogenated alkanes) is 1. The third-order valence-corrected chi connectivity index (χ3v) is 2.53. The molecule has 3 nitrogen and oxygen atoms in total.